The Morgan fingerprint density at radius 3 is 2.29 bits per heavy atom. The van der Waals surface area contributed by atoms with Crippen molar-refractivity contribution >= 4 is 17.5 Å². The first-order valence-electron chi connectivity index (χ1n) is 8.43. The monoisotopic (exact) mass is 418 g/mol. The Morgan fingerprint density at radius 1 is 1.21 bits per heavy atom. The van der Waals surface area contributed by atoms with Gasteiger partial charge in [0.15, 0.2) is 11.5 Å². The number of aliphatic hydroxyl groups is 1. The van der Waals surface area contributed by atoms with Crippen LogP contribution in [0.25, 0.3) is 5.82 Å². The summed E-state index contributed by atoms with van der Waals surface area (Å²) in [5.41, 5.74) is -1.79. The number of nitrogens with zero attached hydrogens (tertiary/aromatic N) is 3. The summed E-state index contributed by atoms with van der Waals surface area (Å²) in [7, 11) is 0. The van der Waals surface area contributed by atoms with Crippen molar-refractivity contribution in [2.75, 3.05) is 6.61 Å². The highest BCUT2D eigenvalue weighted by Crippen LogP contribution is 2.33. The molecule has 2 aromatic rings. The molecular formula is C18H22ClF3N4O2. The van der Waals surface area contributed by atoms with E-state index in [1.165, 1.54) is 10.7 Å². The van der Waals surface area contributed by atoms with Crippen molar-refractivity contribution in [3.05, 3.63) is 40.3 Å². The van der Waals surface area contributed by atoms with Crippen molar-refractivity contribution in [3.63, 3.8) is 0 Å². The molecule has 2 aromatic heterocycles. The van der Waals surface area contributed by atoms with Crippen LogP contribution in [0.3, 0.4) is 0 Å². The minimum Gasteiger partial charge on any atom is -0.394 e. The first-order chi connectivity index (χ1) is 12.7. The maximum atomic E-state index is 12.9. The zero-order valence-electron chi connectivity index (χ0n) is 16.1. The van der Waals surface area contributed by atoms with Crippen LogP contribution in [-0.2, 0) is 11.6 Å². The van der Waals surface area contributed by atoms with Gasteiger partial charge in [0.1, 0.15) is 0 Å². The third-order valence-electron chi connectivity index (χ3n) is 3.91. The van der Waals surface area contributed by atoms with Gasteiger partial charge in [0, 0.05) is 11.6 Å². The van der Waals surface area contributed by atoms with Crippen molar-refractivity contribution in [1.29, 1.82) is 0 Å². The first kappa shape index (κ1) is 22.2. The van der Waals surface area contributed by atoms with E-state index >= 15 is 0 Å². The van der Waals surface area contributed by atoms with Crippen LogP contribution in [0.1, 0.15) is 56.4 Å². The second-order valence-corrected chi connectivity index (χ2v) is 8.51. The summed E-state index contributed by atoms with van der Waals surface area (Å²) in [6.45, 7) is 8.58. The molecule has 0 unspecified atom stereocenters. The van der Waals surface area contributed by atoms with E-state index in [-0.39, 0.29) is 23.1 Å². The van der Waals surface area contributed by atoms with Gasteiger partial charge in [-0.05, 0) is 26.0 Å². The molecule has 0 aliphatic rings. The Morgan fingerprint density at radius 2 is 1.82 bits per heavy atom. The second kappa shape index (κ2) is 7.36. The smallest absolute Gasteiger partial charge is 0.394 e. The molecule has 0 bridgehead atoms. The number of pyridine rings is 1. The molecule has 2 rings (SSSR count). The molecular weight excluding hydrogens is 397 g/mol. The molecule has 6 nitrogen and oxygen atoms in total. The van der Waals surface area contributed by atoms with E-state index in [9.17, 15) is 23.1 Å². The number of rotatable bonds is 4. The maximum Gasteiger partial charge on any atom is 0.417 e. The summed E-state index contributed by atoms with van der Waals surface area (Å²) in [5.74, 6) is -0.550. The number of hydrogen-bond donors (Lipinski definition) is 2. The third kappa shape index (κ3) is 4.82. The number of aliphatic hydroxyl groups excluding tert-OH is 1. The van der Waals surface area contributed by atoms with Gasteiger partial charge in [-0.3, -0.25) is 4.79 Å². The predicted octanol–water partition coefficient (Wildman–Crippen LogP) is 3.74. The number of nitrogens with one attached hydrogen (secondary N) is 1. The quantitative estimate of drug-likeness (QED) is 0.792. The molecule has 0 aliphatic heterocycles. The van der Waals surface area contributed by atoms with Crippen molar-refractivity contribution in [2.24, 2.45) is 0 Å². The van der Waals surface area contributed by atoms with Crippen molar-refractivity contribution in [2.45, 2.75) is 51.7 Å². The Kier molecular flexibility index (Phi) is 5.83. The summed E-state index contributed by atoms with van der Waals surface area (Å²) in [5, 5.41) is 15.9. The third-order valence-corrected chi connectivity index (χ3v) is 4.19. The maximum absolute atomic E-state index is 12.9. The van der Waals surface area contributed by atoms with Crippen LogP contribution in [-0.4, -0.2) is 37.9 Å². The largest absolute Gasteiger partial charge is 0.417 e. The van der Waals surface area contributed by atoms with Gasteiger partial charge in [-0.25, -0.2) is 9.67 Å². The molecule has 0 aliphatic carbocycles. The molecule has 2 N–H and O–H groups in total. The fourth-order valence-corrected chi connectivity index (χ4v) is 2.59. The van der Waals surface area contributed by atoms with E-state index in [0.29, 0.717) is 11.9 Å². The fourth-order valence-electron chi connectivity index (χ4n) is 2.34. The van der Waals surface area contributed by atoms with E-state index in [4.69, 9.17) is 11.6 Å². The van der Waals surface area contributed by atoms with Crippen LogP contribution in [0, 0.1) is 0 Å². The van der Waals surface area contributed by atoms with Gasteiger partial charge in [0.05, 0.1) is 28.4 Å². The van der Waals surface area contributed by atoms with E-state index in [2.05, 4.69) is 15.4 Å². The molecule has 0 radical (unpaired) electrons. The van der Waals surface area contributed by atoms with Crippen molar-refractivity contribution in [3.8, 4) is 5.82 Å². The Bertz CT molecular complexity index is 886. The van der Waals surface area contributed by atoms with E-state index in [1.54, 1.807) is 13.8 Å². The predicted molar refractivity (Wildman–Crippen MR) is 98.7 cm³/mol. The van der Waals surface area contributed by atoms with Gasteiger partial charge >= 0.3 is 6.18 Å². The molecule has 0 aromatic carbocycles. The van der Waals surface area contributed by atoms with Crippen LogP contribution in [0.4, 0.5) is 13.2 Å². The lowest BCUT2D eigenvalue weighted by atomic mass is 9.91. The van der Waals surface area contributed by atoms with Gasteiger partial charge in [-0.2, -0.15) is 18.3 Å². The molecule has 1 amide bonds. The summed E-state index contributed by atoms with van der Waals surface area (Å²) in [6.07, 6.45) is -3.91. The van der Waals surface area contributed by atoms with Crippen LogP contribution in [0.5, 0.6) is 0 Å². The Hall–Kier alpha value is -2.13. The van der Waals surface area contributed by atoms with Gasteiger partial charge in [0.25, 0.3) is 5.91 Å². The normalized spacial score (nSPS) is 12.9. The number of alkyl halides is 3. The van der Waals surface area contributed by atoms with Gasteiger partial charge in [-0.1, -0.05) is 32.4 Å². The van der Waals surface area contributed by atoms with E-state index in [0.717, 1.165) is 6.07 Å². The average Bonchev–Trinajstić information content (AvgIpc) is 2.99. The standard InChI is InChI=1S/C18H22ClF3N4O2/c1-16(2,3)13-7-12(15(28)24-17(4,5)9-27)25-26(13)14-11(19)6-10(8-23-14)18(20,21)22/h6-8,27H,9H2,1-5H3,(H,24,28). The van der Waals surface area contributed by atoms with Gasteiger partial charge < -0.3 is 10.4 Å². The highest BCUT2D eigenvalue weighted by atomic mass is 35.5. The lowest BCUT2D eigenvalue weighted by Crippen LogP contribution is -2.46. The zero-order valence-corrected chi connectivity index (χ0v) is 16.9. The Labute approximate surface area is 165 Å². The van der Waals surface area contributed by atoms with E-state index < -0.39 is 28.6 Å². The van der Waals surface area contributed by atoms with Gasteiger partial charge in [0.2, 0.25) is 0 Å². The Balaban J connectivity index is 2.55. The molecule has 0 saturated heterocycles. The number of halogens is 4. The SMILES string of the molecule is CC(C)(CO)NC(=O)c1cc(C(C)(C)C)n(-c2ncc(C(F)(F)F)cc2Cl)n1. The molecule has 28 heavy (non-hydrogen) atoms. The lowest BCUT2D eigenvalue weighted by Gasteiger charge is -2.22. The second-order valence-electron chi connectivity index (χ2n) is 8.10. The van der Waals surface area contributed by atoms with Crippen LogP contribution in [0.2, 0.25) is 5.02 Å². The molecule has 2 heterocycles. The lowest BCUT2D eigenvalue weighted by molar-refractivity contribution is -0.137. The first-order valence-corrected chi connectivity index (χ1v) is 8.80. The zero-order chi connectivity index (χ0) is 21.5. The van der Waals surface area contributed by atoms with Crippen molar-refractivity contribution in [1.82, 2.24) is 20.1 Å². The molecule has 0 fully saturated rings. The fraction of sp³-hybridized carbons (Fsp3) is 0.500. The van der Waals surface area contributed by atoms with Crippen LogP contribution >= 0.6 is 11.6 Å². The molecule has 10 heteroatoms. The van der Waals surface area contributed by atoms with Crippen LogP contribution < -0.4 is 5.32 Å². The number of amides is 1. The highest BCUT2D eigenvalue weighted by molar-refractivity contribution is 6.32. The summed E-state index contributed by atoms with van der Waals surface area (Å²) in [4.78, 5) is 16.3. The highest BCUT2D eigenvalue weighted by Gasteiger charge is 2.33. The van der Waals surface area contributed by atoms with E-state index in [1.807, 2.05) is 20.8 Å². The summed E-state index contributed by atoms with van der Waals surface area (Å²) >= 11 is 6.05. The number of carbonyl (C=O) groups excluding carboxylic acids is 1. The minimum absolute atomic E-state index is 0.0138. The molecule has 0 atom stereocenters. The number of carbonyl (C=O) groups is 1. The summed E-state index contributed by atoms with van der Waals surface area (Å²) in [6, 6.07) is 2.30. The number of hydrogen-bond acceptors (Lipinski definition) is 4. The summed E-state index contributed by atoms with van der Waals surface area (Å²) < 4.78 is 39.9. The molecule has 0 saturated carbocycles. The topological polar surface area (TPSA) is 80.0 Å². The number of aromatic nitrogens is 3. The minimum atomic E-state index is -4.58. The van der Waals surface area contributed by atoms with Gasteiger partial charge in [-0.15, -0.1) is 0 Å². The molecule has 154 valence electrons. The van der Waals surface area contributed by atoms with Crippen molar-refractivity contribution < 1.29 is 23.1 Å². The molecule has 0 spiro atoms. The van der Waals surface area contributed by atoms with Crippen LogP contribution in [0.15, 0.2) is 18.3 Å². The average molecular weight is 419 g/mol.